The fraction of sp³-hybridized carbons (Fsp3) is 0.182. The van der Waals surface area contributed by atoms with E-state index in [4.69, 9.17) is 9.47 Å². The van der Waals surface area contributed by atoms with Crippen LogP contribution in [0, 0.1) is 0 Å². The summed E-state index contributed by atoms with van der Waals surface area (Å²) < 4.78 is 11.3. The summed E-state index contributed by atoms with van der Waals surface area (Å²) in [6.07, 6.45) is 3.15. The zero-order valence-corrected chi connectivity index (χ0v) is 14.6. The number of hydrogen-bond acceptors (Lipinski definition) is 4. The largest absolute Gasteiger partial charge is 0.485 e. The average Bonchev–Trinajstić information content (AvgIpc) is 3.14. The van der Waals surface area contributed by atoms with Crippen molar-refractivity contribution in [1.29, 1.82) is 0 Å². The molecule has 2 aliphatic rings. The first-order valence-electron chi connectivity index (χ1n) is 9.04. The molecule has 134 valence electrons. The summed E-state index contributed by atoms with van der Waals surface area (Å²) in [5.41, 5.74) is 6.32. The molecule has 0 bridgehead atoms. The second kappa shape index (κ2) is 6.43. The summed E-state index contributed by atoms with van der Waals surface area (Å²) in [7, 11) is 0. The van der Waals surface area contributed by atoms with Crippen LogP contribution in [-0.2, 0) is 17.6 Å². The van der Waals surface area contributed by atoms with Gasteiger partial charge in [0.2, 0.25) is 6.10 Å². The number of nitrogens with zero attached hydrogens (tertiary/aromatic N) is 1. The summed E-state index contributed by atoms with van der Waals surface area (Å²) >= 11 is 0. The van der Waals surface area contributed by atoms with Crippen LogP contribution < -0.4 is 14.9 Å². The molecule has 0 aromatic heterocycles. The highest BCUT2D eigenvalue weighted by molar-refractivity contribution is 6.03. The molecular formula is C22H18N2O3. The number of para-hydroxylation sites is 2. The fourth-order valence-corrected chi connectivity index (χ4v) is 3.77. The number of nitrogens with one attached hydrogen (secondary N) is 1. The smallest absolute Gasteiger partial charge is 0.284 e. The topological polar surface area (TPSA) is 59.9 Å². The van der Waals surface area contributed by atoms with Gasteiger partial charge >= 0.3 is 0 Å². The van der Waals surface area contributed by atoms with E-state index in [9.17, 15) is 4.79 Å². The van der Waals surface area contributed by atoms with E-state index in [0.717, 1.165) is 18.4 Å². The lowest BCUT2D eigenvalue weighted by atomic mass is 10.0. The van der Waals surface area contributed by atoms with Crippen molar-refractivity contribution in [3.63, 3.8) is 0 Å². The molecule has 1 N–H and O–H groups in total. The zero-order chi connectivity index (χ0) is 18.2. The summed E-state index contributed by atoms with van der Waals surface area (Å²) in [6, 6.07) is 17.9. The van der Waals surface area contributed by atoms with Crippen LogP contribution in [0.5, 0.6) is 11.5 Å². The van der Waals surface area contributed by atoms with Gasteiger partial charge in [-0.05, 0) is 46.9 Å². The highest BCUT2D eigenvalue weighted by atomic mass is 16.6. The van der Waals surface area contributed by atoms with Crippen LogP contribution in [0.25, 0.3) is 10.8 Å². The minimum atomic E-state index is -0.718. The molecule has 3 aromatic carbocycles. The molecule has 0 fully saturated rings. The Balaban J connectivity index is 1.32. The minimum Gasteiger partial charge on any atom is -0.485 e. The maximum absolute atomic E-state index is 12.4. The normalized spacial score (nSPS) is 17.4. The van der Waals surface area contributed by atoms with Crippen LogP contribution in [0.15, 0.2) is 59.7 Å². The van der Waals surface area contributed by atoms with Crippen molar-refractivity contribution in [2.45, 2.75) is 18.9 Å². The molecule has 5 heteroatoms. The predicted molar refractivity (Wildman–Crippen MR) is 103 cm³/mol. The van der Waals surface area contributed by atoms with Crippen LogP contribution in [0.3, 0.4) is 0 Å². The van der Waals surface area contributed by atoms with Gasteiger partial charge in [0.05, 0.1) is 6.21 Å². The van der Waals surface area contributed by atoms with E-state index in [2.05, 4.69) is 40.9 Å². The Kier molecular flexibility index (Phi) is 3.78. The highest BCUT2D eigenvalue weighted by Gasteiger charge is 2.27. The first-order chi connectivity index (χ1) is 13.3. The van der Waals surface area contributed by atoms with Gasteiger partial charge in [-0.25, -0.2) is 5.43 Å². The molecule has 5 rings (SSSR count). The van der Waals surface area contributed by atoms with Crippen LogP contribution in [0.4, 0.5) is 0 Å². The van der Waals surface area contributed by atoms with E-state index in [-0.39, 0.29) is 12.5 Å². The number of carbonyl (C=O) groups excluding carboxylic acids is 1. The summed E-state index contributed by atoms with van der Waals surface area (Å²) in [5.74, 6) is 0.894. The third-order valence-electron chi connectivity index (χ3n) is 5.09. The summed E-state index contributed by atoms with van der Waals surface area (Å²) in [6.45, 7) is 0.166. The van der Waals surface area contributed by atoms with Crippen molar-refractivity contribution in [3.8, 4) is 11.5 Å². The van der Waals surface area contributed by atoms with Gasteiger partial charge < -0.3 is 9.47 Å². The zero-order valence-electron chi connectivity index (χ0n) is 14.6. The Morgan fingerprint density at radius 1 is 1.00 bits per heavy atom. The van der Waals surface area contributed by atoms with E-state index in [1.165, 1.54) is 21.9 Å². The number of rotatable bonds is 3. The lowest BCUT2D eigenvalue weighted by Crippen LogP contribution is -2.42. The lowest BCUT2D eigenvalue weighted by Gasteiger charge is -2.24. The second-order valence-electron chi connectivity index (χ2n) is 6.75. The van der Waals surface area contributed by atoms with E-state index in [1.54, 1.807) is 12.3 Å². The van der Waals surface area contributed by atoms with Crippen LogP contribution in [0.1, 0.15) is 16.7 Å². The van der Waals surface area contributed by atoms with Crippen molar-refractivity contribution >= 4 is 22.9 Å². The predicted octanol–water partition coefficient (Wildman–Crippen LogP) is 3.23. The Morgan fingerprint density at radius 3 is 2.70 bits per heavy atom. The second-order valence-corrected chi connectivity index (χ2v) is 6.75. The van der Waals surface area contributed by atoms with Crippen molar-refractivity contribution in [2.24, 2.45) is 5.10 Å². The molecule has 1 aliphatic heterocycles. The molecule has 0 radical (unpaired) electrons. The maximum atomic E-state index is 12.4. The summed E-state index contributed by atoms with van der Waals surface area (Å²) in [4.78, 5) is 12.4. The van der Waals surface area contributed by atoms with Gasteiger partial charge in [-0.3, -0.25) is 4.79 Å². The maximum Gasteiger partial charge on any atom is 0.284 e. The van der Waals surface area contributed by atoms with Gasteiger partial charge in [-0.15, -0.1) is 0 Å². The number of benzene rings is 3. The Hall–Kier alpha value is -3.34. The molecule has 0 saturated heterocycles. The molecule has 1 heterocycles. The third kappa shape index (κ3) is 2.81. The summed E-state index contributed by atoms with van der Waals surface area (Å²) in [5, 5.41) is 6.64. The molecule has 0 saturated carbocycles. The van der Waals surface area contributed by atoms with E-state index in [1.807, 2.05) is 18.2 Å². The van der Waals surface area contributed by atoms with Crippen molar-refractivity contribution < 1.29 is 14.3 Å². The lowest BCUT2D eigenvalue weighted by molar-refractivity contribution is -0.130. The number of carbonyl (C=O) groups is 1. The van der Waals surface area contributed by atoms with Crippen LogP contribution >= 0.6 is 0 Å². The number of aryl methyl sites for hydroxylation is 2. The Bertz CT molecular complexity index is 1060. The molecule has 1 unspecified atom stereocenters. The fourth-order valence-electron chi connectivity index (χ4n) is 3.77. The third-order valence-corrected chi connectivity index (χ3v) is 5.09. The van der Waals surface area contributed by atoms with Gasteiger partial charge in [0.15, 0.2) is 11.5 Å². The molecule has 3 aromatic rings. The van der Waals surface area contributed by atoms with Crippen molar-refractivity contribution in [3.05, 3.63) is 71.3 Å². The monoisotopic (exact) mass is 358 g/mol. The molecule has 1 atom stereocenters. The van der Waals surface area contributed by atoms with Gasteiger partial charge in [0.1, 0.15) is 6.61 Å². The molecule has 5 nitrogen and oxygen atoms in total. The average molecular weight is 358 g/mol. The minimum absolute atomic E-state index is 0.166. The van der Waals surface area contributed by atoms with Crippen molar-refractivity contribution in [2.75, 3.05) is 6.61 Å². The quantitative estimate of drug-likeness (QED) is 0.578. The highest BCUT2D eigenvalue weighted by Crippen LogP contribution is 2.32. The molecule has 0 spiro atoms. The standard InChI is InChI=1S/C22H18N2O3/c25-22(20-13-26-18-6-1-2-7-19(18)27-20)24-23-12-16-11-10-15-9-8-14-4-3-5-17(16)21(14)15/h1-7,10-12,20H,8-9,13H2,(H,24,25)/b23-12+. The van der Waals surface area contributed by atoms with E-state index < -0.39 is 6.10 Å². The first-order valence-corrected chi connectivity index (χ1v) is 9.04. The van der Waals surface area contributed by atoms with Crippen LogP contribution in [-0.4, -0.2) is 24.8 Å². The van der Waals surface area contributed by atoms with Gasteiger partial charge in [0.25, 0.3) is 5.91 Å². The van der Waals surface area contributed by atoms with Gasteiger partial charge in [-0.1, -0.05) is 42.5 Å². The molecule has 27 heavy (non-hydrogen) atoms. The molecular weight excluding hydrogens is 340 g/mol. The van der Waals surface area contributed by atoms with Gasteiger partial charge in [-0.2, -0.15) is 5.10 Å². The van der Waals surface area contributed by atoms with Crippen molar-refractivity contribution in [1.82, 2.24) is 5.43 Å². The number of amides is 1. The van der Waals surface area contributed by atoms with Gasteiger partial charge in [0, 0.05) is 5.56 Å². The Morgan fingerprint density at radius 2 is 1.81 bits per heavy atom. The number of hydrogen-bond donors (Lipinski definition) is 1. The Labute approximate surface area is 156 Å². The van der Waals surface area contributed by atoms with E-state index >= 15 is 0 Å². The number of fused-ring (bicyclic) bond motifs is 1. The number of hydrazone groups is 1. The SMILES string of the molecule is O=C(N/N=C/c1ccc2c3c(cccc13)CC2)C1COc2ccccc2O1. The molecule has 1 aliphatic carbocycles. The first kappa shape index (κ1) is 15.9. The van der Waals surface area contributed by atoms with Crippen LogP contribution in [0.2, 0.25) is 0 Å². The molecule has 1 amide bonds. The van der Waals surface area contributed by atoms with E-state index in [0.29, 0.717) is 11.5 Å². The number of ether oxygens (including phenoxy) is 2.